The Labute approximate surface area is 137 Å². The number of aryl methyl sites for hydroxylation is 1. The molecule has 118 valence electrons. The fourth-order valence-electron chi connectivity index (χ4n) is 3.16. The second-order valence-corrected chi connectivity index (χ2v) is 6.74. The molecule has 4 heterocycles. The summed E-state index contributed by atoms with van der Waals surface area (Å²) >= 11 is 1.40. The molecule has 0 bridgehead atoms. The number of aromatic nitrogens is 4. The van der Waals surface area contributed by atoms with Crippen molar-refractivity contribution < 1.29 is 4.79 Å². The molecule has 0 atom stereocenters. The lowest BCUT2D eigenvalue weighted by molar-refractivity contribution is 0.0716. The number of carbonyl (C=O) groups is 1. The summed E-state index contributed by atoms with van der Waals surface area (Å²) in [5.41, 5.74) is 4.80. The fourth-order valence-corrected chi connectivity index (χ4v) is 3.74. The molecule has 0 spiro atoms. The second-order valence-electron chi connectivity index (χ2n) is 5.86. The van der Waals surface area contributed by atoms with Crippen molar-refractivity contribution in [2.45, 2.75) is 25.7 Å². The summed E-state index contributed by atoms with van der Waals surface area (Å²) in [5, 5.41) is 4.26. The molecule has 1 fully saturated rings. The van der Waals surface area contributed by atoms with E-state index in [2.05, 4.69) is 16.1 Å². The van der Waals surface area contributed by atoms with Crippen LogP contribution in [0.1, 0.15) is 39.8 Å². The van der Waals surface area contributed by atoms with Gasteiger partial charge in [0.15, 0.2) is 5.65 Å². The van der Waals surface area contributed by atoms with Gasteiger partial charge in [0.1, 0.15) is 4.88 Å². The first-order chi connectivity index (χ1) is 11.2. The second kappa shape index (κ2) is 5.73. The molecule has 3 aromatic rings. The van der Waals surface area contributed by atoms with Crippen LogP contribution in [0.5, 0.6) is 0 Å². The Bertz CT molecular complexity index is 833. The largest absolute Gasteiger partial charge is 0.338 e. The van der Waals surface area contributed by atoms with Crippen molar-refractivity contribution in [1.29, 1.82) is 0 Å². The Morgan fingerprint density at radius 2 is 2.17 bits per heavy atom. The maximum absolute atomic E-state index is 12.4. The van der Waals surface area contributed by atoms with Gasteiger partial charge in [-0.25, -0.2) is 9.50 Å². The summed E-state index contributed by atoms with van der Waals surface area (Å²) in [6.07, 6.45) is 5.32. The molecule has 23 heavy (non-hydrogen) atoms. The van der Waals surface area contributed by atoms with Crippen LogP contribution < -0.4 is 0 Å². The van der Waals surface area contributed by atoms with Crippen LogP contribution in [0.15, 0.2) is 30.0 Å². The van der Waals surface area contributed by atoms with E-state index in [1.807, 2.05) is 22.4 Å². The third-order valence-electron chi connectivity index (χ3n) is 4.40. The van der Waals surface area contributed by atoms with Crippen molar-refractivity contribution in [2.75, 3.05) is 13.1 Å². The molecule has 0 radical (unpaired) electrons. The van der Waals surface area contributed by atoms with Gasteiger partial charge in [0.25, 0.3) is 5.91 Å². The molecule has 0 aromatic carbocycles. The van der Waals surface area contributed by atoms with Crippen molar-refractivity contribution in [1.82, 2.24) is 24.5 Å². The predicted octanol–water partition coefficient (Wildman–Crippen LogP) is 2.51. The van der Waals surface area contributed by atoms with E-state index < -0.39 is 0 Å². The fraction of sp³-hybridized carbons (Fsp3) is 0.375. The van der Waals surface area contributed by atoms with Crippen LogP contribution in [0.2, 0.25) is 0 Å². The lowest BCUT2D eigenvalue weighted by Gasteiger charge is -2.31. The molecule has 0 N–H and O–H groups in total. The number of fused-ring (bicyclic) bond motifs is 1. The maximum atomic E-state index is 12.4. The summed E-state index contributed by atoms with van der Waals surface area (Å²) in [7, 11) is 0. The van der Waals surface area contributed by atoms with Gasteiger partial charge in [0.05, 0.1) is 17.9 Å². The smallest absolute Gasteiger partial charge is 0.265 e. The van der Waals surface area contributed by atoms with Crippen LogP contribution in [0.4, 0.5) is 0 Å². The van der Waals surface area contributed by atoms with Crippen molar-refractivity contribution in [3.8, 4) is 0 Å². The number of rotatable bonds is 2. The molecule has 0 aliphatic carbocycles. The number of thiazole rings is 1. The Morgan fingerprint density at radius 1 is 1.35 bits per heavy atom. The Balaban J connectivity index is 1.49. The Hall–Kier alpha value is -2.28. The summed E-state index contributed by atoms with van der Waals surface area (Å²) in [6.45, 7) is 3.59. The molecule has 1 aliphatic rings. The zero-order chi connectivity index (χ0) is 15.8. The van der Waals surface area contributed by atoms with Gasteiger partial charge >= 0.3 is 0 Å². The number of amides is 1. The Morgan fingerprint density at radius 3 is 2.91 bits per heavy atom. The van der Waals surface area contributed by atoms with Crippen LogP contribution in [0.3, 0.4) is 0 Å². The first kappa shape index (κ1) is 14.3. The van der Waals surface area contributed by atoms with Crippen LogP contribution in [0.25, 0.3) is 5.65 Å². The van der Waals surface area contributed by atoms with E-state index in [0.717, 1.165) is 47.8 Å². The first-order valence-electron chi connectivity index (χ1n) is 7.71. The van der Waals surface area contributed by atoms with Crippen LogP contribution in [-0.4, -0.2) is 43.5 Å². The third kappa shape index (κ3) is 2.61. The van der Waals surface area contributed by atoms with Gasteiger partial charge in [-0.1, -0.05) is 0 Å². The van der Waals surface area contributed by atoms with Gasteiger partial charge in [-0.15, -0.1) is 11.3 Å². The van der Waals surface area contributed by atoms with E-state index in [-0.39, 0.29) is 5.91 Å². The van der Waals surface area contributed by atoms with Crippen molar-refractivity contribution in [3.63, 3.8) is 0 Å². The predicted molar refractivity (Wildman–Crippen MR) is 87.7 cm³/mol. The van der Waals surface area contributed by atoms with Gasteiger partial charge < -0.3 is 4.90 Å². The normalized spacial score (nSPS) is 16.1. The van der Waals surface area contributed by atoms with Gasteiger partial charge in [0, 0.05) is 36.5 Å². The average Bonchev–Trinajstić information content (AvgIpc) is 3.26. The van der Waals surface area contributed by atoms with Crippen LogP contribution in [-0.2, 0) is 0 Å². The van der Waals surface area contributed by atoms with E-state index in [4.69, 9.17) is 4.98 Å². The molecule has 0 unspecified atom stereocenters. The molecule has 3 aromatic heterocycles. The summed E-state index contributed by atoms with van der Waals surface area (Å²) in [6, 6.07) is 4.05. The highest BCUT2D eigenvalue weighted by molar-refractivity contribution is 7.11. The SMILES string of the molecule is Cc1cc(C2CCN(C(=O)c3cncs3)CC2)nc2ccnn12. The maximum Gasteiger partial charge on any atom is 0.265 e. The summed E-state index contributed by atoms with van der Waals surface area (Å²) in [5.74, 6) is 0.500. The number of piperidine rings is 1. The highest BCUT2D eigenvalue weighted by Gasteiger charge is 2.26. The average molecular weight is 327 g/mol. The molecule has 7 heteroatoms. The van der Waals surface area contributed by atoms with Crippen LogP contribution in [0, 0.1) is 6.92 Å². The lowest BCUT2D eigenvalue weighted by Crippen LogP contribution is -2.37. The molecule has 4 rings (SSSR count). The minimum atomic E-state index is 0.0985. The van der Waals surface area contributed by atoms with E-state index in [1.54, 1.807) is 17.9 Å². The molecule has 1 aliphatic heterocycles. The first-order valence-corrected chi connectivity index (χ1v) is 8.59. The quantitative estimate of drug-likeness (QED) is 0.725. The Kier molecular flexibility index (Phi) is 3.57. The molecular weight excluding hydrogens is 310 g/mol. The van der Waals surface area contributed by atoms with E-state index in [0.29, 0.717) is 5.92 Å². The molecular formula is C16H17N5OS. The number of hydrogen-bond acceptors (Lipinski definition) is 5. The number of likely N-dealkylation sites (tertiary alicyclic amines) is 1. The van der Waals surface area contributed by atoms with Crippen molar-refractivity contribution in [2.24, 2.45) is 0 Å². The topological polar surface area (TPSA) is 63.4 Å². The lowest BCUT2D eigenvalue weighted by atomic mass is 9.93. The minimum absolute atomic E-state index is 0.0985. The number of carbonyl (C=O) groups excluding carboxylic acids is 1. The highest BCUT2D eigenvalue weighted by atomic mass is 32.1. The zero-order valence-electron chi connectivity index (χ0n) is 12.8. The summed E-state index contributed by atoms with van der Waals surface area (Å²) < 4.78 is 1.85. The molecule has 1 saturated heterocycles. The molecule has 1 amide bonds. The van der Waals surface area contributed by atoms with E-state index >= 15 is 0 Å². The minimum Gasteiger partial charge on any atom is -0.338 e. The van der Waals surface area contributed by atoms with E-state index in [9.17, 15) is 4.79 Å². The standard InChI is InChI=1S/C16H17N5OS/c1-11-8-13(19-15-2-5-18-21(11)15)12-3-6-20(7-4-12)16(22)14-9-17-10-23-14/h2,5,8-10,12H,3-4,6-7H2,1H3. The van der Waals surface area contributed by atoms with Gasteiger partial charge in [-0.05, 0) is 25.8 Å². The van der Waals surface area contributed by atoms with Gasteiger partial charge in [-0.2, -0.15) is 5.10 Å². The number of nitrogens with zero attached hydrogens (tertiary/aromatic N) is 5. The zero-order valence-corrected chi connectivity index (χ0v) is 13.7. The third-order valence-corrected chi connectivity index (χ3v) is 5.16. The summed E-state index contributed by atoms with van der Waals surface area (Å²) in [4.78, 5) is 23.7. The number of hydrogen-bond donors (Lipinski definition) is 0. The highest BCUT2D eigenvalue weighted by Crippen LogP contribution is 2.28. The van der Waals surface area contributed by atoms with Crippen molar-refractivity contribution >= 4 is 22.9 Å². The molecule has 6 nitrogen and oxygen atoms in total. The van der Waals surface area contributed by atoms with Gasteiger partial charge in [0.2, 0.25) is 0 Å². The van der Waals surface area contributed by atoms with E-state index in [1.165, 1.54) is 11.3 Å². The monoisotopic (exact) mass is 327 g/mol. The molecule has 0 saturated carbocycles. The van der Waals surface area contributed by atoms with Crippen molar-refractivity contribution in [3.05, 3.63) is 46.3 Å². The van der Waals surface area contributed by atoms with Crippen LogP contribution >= 0.6 is 11.3 Å². The van der Waals surface area contributed by atoms with Gasteiger partial charge in [-0.3, -0.25) is 9.78 Å².